The van der Waals surface area contributed by atoms with E-state index in [2.05, 4.69) is 22.4 Å². The molecule has 0 fully saturated rings. The van der Waals surface area contributed by atoms with Crippen LogP contribution in [0.1, 0.15) is 10.4 Å². The lowest BCUT2D eigenvalue weighted by molar-refractivity contribution is 0.100. The van der Waals surface area contributed by atoms with Gasteiger partial charge in [-0.2, -0.15) is 4.99 Å². The molecule has 14 heavy (non-hydrogen) atoms. The normalized spacial score (nSPS) is 8.93. The highest BCUT2D eigenvalue weighted by molar-refractivity contribution is 7.78. The van der Waals surface area contributed by atoms with Gasteiger partial charge in [0.05, 0.1) is 12.3 Å². The molecule has 0 atom stereocenters. The Labute approximate surface area is 86.4 Å². The highest BCUT2D eigenvalue weighted by Crippen LogP contribution is 2.27. The largest absolute Gasteiger partial charge is 0.494 e. The smallest absolute Gasteiger partial charge is 0.248 e. The van der Waals surface area contributed by atoms with Gasteiger partial charge in [-0.25, -0.2) is 0 Å². The molecule has 0 aromatic heterocycles. The van der Waals surface area contributed by atoms with Crippen LogP contribution in [0.3, 0.4) is 0 Å². The molecule has 0 saturated heterocycles. The molecular formula is C9H8N2O2S. The molecule has 0 bridgehead atoms. The van der Waals surface area contributed by atoms with Gasteiger partial charge in [0.2, 0.25) is 5.91 Å². The Morgan fingerprint density at radius 1 is 1.64 bits per heavy atom. The van der Waals surface area contributed by atoms with Gasteiger partial charge in [0, 0.05) is 5.56 Å². The van der Waals surface area contributed by atoms with Crippen molar-refractivity contribution in [1.29, 1.82) is 0 Å². The Kier molecular flexibility index (Phi) is 3.34. The number of benzene rings is 1. The Bertz CT molecular complexity index is 411. The number of methoxy groups -OCH3 is 1. The minimum absolute atomic E-state index is 0.356. The minimum atomic E-state index is -0.520. The van der Waals surface area contributed by atoms with E-state index in [1.165, 1.54) is 13.2 Å². The number of carbonyl (C=O) groups is 1. The summed E-state index contributed by atoms with van der Waals surface area (Å²) in [6, 6.07) is 4.66. The summed E-state index contributed by atoms with van der Waals surface area (Å²) in [5.74, 6) is 0.000761. The maximum atomic E-state index is 10.9. The average Bonchev–Trinajstić information content (AvgIpc) is 2.18. The van der Waals surface area contributed by atoms with Gasteiger partial charge < -0.3 is 10.5 Å². The number of nitrogens with two attached hydrogens (primary N) is 1. The minimum Gasteiger partial charge on any atom is -0.494 e. The van der Waals surface area contributed by atoms with Gasteiger partial charge in [0.15, 0.2) is 0 Å². The Balaban J connectivity index is 3.27. The number of ether oxygens (including phenoxy) is 1. The van der Waals surface area contributed by atoms with Crippen LogP contribution in [0.25, 0.3) is 0 Å². The summed E-state index contributed by atoms with van der Waals surface area (Å²) in [5.41, 5.74) is 5.90. The van der Waals surface area contributed by atoms with Crippen molar-refractivity contribution in [3.63, 3.8) is 0 Å². The number of aliphatic imine (C=N–C) groups is 1. The Hall–Kier alpha value is -1.71. The van der Waals surface area contributed by atoms with E-state index in [-0.39, 0.29) is 0 Å². The summed E-state index contributed by atoms with van der Waals surface area (Å²) in [7, 11) is 1.50. The van der Waals surface area contributed by atoms with Crippen LogP contribution in [0.2, 0.25) is 0 Å². The zero-order valence-corrected chi connectivity index (χ0v) is 8.30. The standard InChI is InChI=1S/C9H8N2O2S/c1-13-8-3-2-6(9(10)12)4-7(8)11-5-14/h2-4H,1H3,(H2,10,12). The van der Waals surface area contributed by atoms with Crippen molar-refractivity contribution >= 4 is 29.0 Å². The second-order valence-corrected chi connectivity index (χ2v) is 2.64. The summed E-state index contributed by atoms with van der Waals surface area (Å²) in [6.07, 6.45) is 0. The van der Waals surface area contributed by atoms with Gasteiger partial charge in [0.1, 0.15) is 11.4 Å². The van der Waals surface area contributed by atoms with Crippen molar-refractivity contribution in [2.45, 2.75) is 0 Å². The van der Waals surface area contributed by atoms with E-state index in [0.29, 0.717) is 17.0 Å². The monoisotopic (exact) mass is 208 g/mol. The summed E-state index contributed by atoms with van der Waals surface area (Å²) < 4.78 is 5.00. The molecule has 72 valence electrons. The number of thiocarbonyl (C=S) groups is 1. The molecule has 1 amide bonds. The fourth-order valence-electron chi connectivity index (χ4n) is 0.980. The lowest BCUT2D eigenvalue weighted by Crippen LogP contribution is -2.10. The van der Waals surface area contributed by atoms with Gasteiger partial charge in [-0.3, -0.25) is 4.79 Å². The maximum absolute atomic E-state index is 10.9. The van der Waals surface area contributed by atoms with Crippen molar-refractivity contribution in [3.05, 3.63) is 23.8 Å². The molecule has 1 aromatic rings. The van der Waals surface area contributed by atoms with Crippen LogP contribution in [0, 0.1) is 0 Å². The van der Waals surface area contributed by atoms with Gasteiger partial charge in [0.25, 0.3) is 0 Å². The molecule has 5 heteroatoms. The number of nitrogens with zero attached hydrogens (tertiary/aromatic N) is 1. The van der Waals surface area contributed by atoms with Crippen LogP contribution in [-0.2, 0) is 0 Å². The lowest BCUT2D eigenvalue weighted by Gasteiger charge is -2.03. The maximum Gasteiger partial charge on any atom is 0.248 e. The SMILES string of the molecule is COc1ccc(C(N)=O)cc1N=C=S. The molecule has 0 radical (unpaired) electrons. The van der Waals surface area contributed by atoms with E-state index in [1.54, 1.807) is 12.1 Å². The van der Waals surface area contributed by atoms with Crippen LogP contribution >= 0.6 is 12.2 Å². The molecule has 4 nitrogen and oxygen atoms in total. The highest BCUT2D eigenvalue weighted by atomic mass is 32.1. The third-order valence-electron chi connectivity index (χ3n) is 1.63. The Morgan fingerprint density at radius 2 is 2.36 bits per heavy atom. The van der Waals surface area contributed by atoms with Crippen molar-refractivity contribution in [1.82, 2.24) is 0 Å². The topological polar surface area (TPSA) is 64.7 Å². The van der Waals surface area contributed by atoms with Crippen LogP contribution in [-0.4, -0.2) is 18.2 Å². The fourth-order valence-corrected chi connectivity index (χ4v) is 1.08. The average molecular weight is 208 g/mol. The quantitative estimate of drug-likeness (QED) is 0.605. The first-order chi connectivity index (χ1) is 6.69. The zero-order valence-electron chi connectivity index (χ0n) is 7.48. The summed E-state index contributed by atoms with van der Waals surface area (Å²) in [4.78, 5) is 14.6. The first-order valence-electron chi connectivity index (χ1n) is 3.74. The van der Waals surface area contributed by atoms with Crippen LogP contribution in [0.4, 0.5) is 5.69 Å². The first-order valence-corrected chi connectivity index (χ1v) is 4.15. The summed E-state index contributed by atoms with van der Waals surface area (Å²) in [5, 5.41) is 2.20. The molecule has 0 spiro atoms. The molecule has 0 unspecified atom stereocenters. The van der Waals surface area contributed by atoms with E-state index < -0.39 is 5.91 Å². The Morgan fingerprint density at radius 3 is 2.86 bits per heavy atom. The molecule has 0 heterocycles. The molecule has 2 N–H and O–H groups in total. The highest BCUT2D eigenvalue weighted by Gasteiger charge is 2.06. The predicted octanol–water partition coefficient (Wildman–Crippen LogP) is 1.53. The molecular weight excluding hydrogens is 200 g/mol. The number of hydrogen-bond donors (Lipinski definition) is 1. The number of hydrogen-bond acceptors (Lipinski definition) is 4. The second kappa shape index (κ2) is 4.50. The van der Waals surface area contributed by atoms with Crippen molar-refractivity contribution in [2.75, 3.05) is 7.11 Å². The zero-order chi connectivity index (χ0) is 10.6. The number of isothiocyanates is 1. The second-order valence-electron chi connectivity index (χ2n) is 2.45. The van der Waals surface area contributed by atoms with E-state index >= 15 is 0 Å². The third-order valence-corrected chi connectivity index (χ3v) is 1.72. The van der Waals surface area contributed by atoms with Crippen LogP contribution in [0.15, 0.2) is 23.2 Å². The van der Waals surface area contributed by atoms with Crippen LogP contribution in [0.5, 0.6) is 5.75 Å². The van der Waals surface area contributed by atoms with E-state index in [9.17, 15) is 4.79 Å². The number of carbonyl (C=O) groups excluding carboxylic acids is 1. The molecule has 1 aromatic carbocycles. The van der Waals surface area contributed by atoms with E-state index in [0.717, 1.165) is 0 Å². The van der Waals surface area contributed by atoms with Gasteiger partial charge >= 0.3 is 0 Å². The fraction of sp³-hybridized carbons (Fsp3) is 0.111. The van der Waals surface area contributed by atoms with Crippen LogP contribution < -0.4 is 10.5 Å². The molecule has 0 saturated carbocycles. The van der Waals surface area contributed by atoms with Crippen molar-refractivity contribution in [2.24, 2.45) is 10.7 Å². The van der Waals surface area contributed by atoms with Gasteiger partial charge in [-0.1, -0.05) is 0 Å². The van der Waals surface area contributed by atoms with Crippen molar-refractivity contribution in [3.8, 4) is 5.75 Å². The van der Waals surface area contributed by atoms with Gasteiger partial charge in [-0.05, 0) is 30.4 Å². The number of primary amides is 1. The lowest BCUT2D eigenvalue weighted by atomic mass is 10.2. The van der Waals surface area contributed by atoms with E-state index in [1.807, 2.05) is 0 Å². The predicted molar refractivity (Wildman–Crippen MR) is 56.2 cm³/mol. The van der Waals surface area contributed by atoms with E-state index in [4.69, 9.17) is 10.5 Å². The molecule has 0 aliphatic heterocycles. The molecule has 1 rings (SSSR count). The molecule has 0 aliphatic carbocycles. The summed E-state index contributed by atoms with van der Waals surface area (Å²) >= 11 is 4.46. The first kappa shape index (κ1) is 10.4. The van der Waals surface area contributed by atoms with Gasteiger partial charge in [-0.15, -0.1) is 0 Å². The third kappa shape index (κ3) is 2.16. The van der Waals surface area contributed by atoms with Crippen molar-refractivity contribution < 1.29 is 9.53 Å². The number of rotatable bonds is 3. The molecule has 0 aliphatic rings. The number of amides is 1. The summed E-state index contributed by atoms with van der Waals surface area (Å²) in [6.45, 7) is 0.